The second kappa shape index (κ2) is 7.43. The first-order chi connectivity index (χ1) is 10.5. The predicted molar refractivity (Wildman–Crippen MR) is 84.4 cm³/mol. The molecule has 0 spiro atoms. The number of benzene rings is 2. The number of halogens is 1. The fourth-order valence-corrected chi connectivity index (χ4v) is 1.83. The zero-order chi connectivity index (χ0) is 15.9. The molecule has 0 heterocycles. The number of hydrogen-bond donors (Lipinski definition) is 1. The zero-order valence-electron chi connectivity index (χ0n) is 11.5. The fourth-order valence-electron chi connectivity index (χ4n) is 1.70. The van der Waals surface area contributed by atoms with Crippen LogP contribution in [-0.4, -0.2) is 23.5 Å². The zero-order valence-corrected chi connectivity index (χ0v) is 12.3. The summed E-state index contributed by atoms with van der Waals surface area (Å²) in [4.78, 5) is 22.3. The van der Waals surface area contributed by atoms with Crippen molar-refractivity contribution in [2.24, 2.45) is 0 Å². The highest BCUT2D eigenvalue weighted by molar-refractivity contribution is 6.30. The fraction of sp³-hybridized carbons (Fsp3) is 0.0588. The number of hydrogen-bond acceptors (Lipinski definition) is 3. The molecule has 2 aromatic rings. The Morgan fingerprint density at radius 3 is 2.27 bits per heavy atom. The average molecular weight is 317 g/mol. The monoisotopic (exact) mass is 316 g/mol. The number of carbonyl (C=O) groups is 2. The Balaban J connectivity index is 1.99. The predicted octanol–water partition coefficient (Wildman–Crippen LogP) is 3.70. The van der Waals surface area contributed by atoms with Crippen LogP contribution in [0.2, 0.25) is 5.02 Å². The molecule has 0 aliphatic rings. The highest BCUT2D eigenvalue weighted by Gasteiger charge is 2.02. The summed E-state index contributed by atoms with van der Waals surface area (Å²) in [5.74, 6) is -0.691. The summed E-state index contributed by atoms with van der Waals surface area (Å²) in [5, 5.41) is 9.10. The maximum atomic E-state index is 12.0. The summed E-state index contributed by atoms with van der Waals surface area (Å²) < 4.78 is 5.03. The second-order valence-electron chi connectivity index (χ2n) is 4.46. The molecule has 5 heteroatoms. The highest BCUT2D eigenvalue weighted by Crippen LogP contribution is 2.14. The van der Waals surface area contributed by atoms with E-state index in [0.29, 0.717) is 16.3 Å². The molecule has 0 amide bonds. The van der Waals surface area contributed by atoms with Crippen molar-refractivity contribution in [3.05, 3.63) is 70.8 Å². The molecule has 112 valence electrons. The molecule has 0 saturated carbocycles. The van der Waals surface area contributed by atoms with E-state index < -0.39 is 5.97 Å². The number of carboxylic acids is 1. The van der Waals surface area contributed by atoms with Crippen LogP contribution >= 0.6 is 11.6 Å². The van der Waals surface area contributed by atoms with Crippen LogP contribution in [0.1, 0.15) is 15.9 Å². The first-order valence-electron chi connectivity index (χ1n) is 6.47. The smallest absolute Gasteiger partial charge is 0.341 e. The number of aliphatic carboxylic acids is 1. The van der Waals surface area contributed by atoms with E-state index in [1.165, 1.54) is 6.08 Å². The van der Waals surface area contributed by atoms with Gasteiger partial charge in [0.2, 0.25) is 0 Å². The molecular formula is C17H13ClO4. The molecule has 0 aliphatic heterocycles. The minimum absolute atomic E-state index is 0.122. The lowest BCUT2D eigenvalue weighted by Gasteiger charge is -2.02. The van der Waals surface area contributed by atoms with Crippen molar-refractivity contribution in [2.75, 3.05) is 6.61 Å². The lowest BCUT2D eigenvalue weighted by atomic mass is 10.1. The Morgan fingerprint density at radius 1 is 1.05 bits per heavy atom. The van der Waals surface area contributed by atoms with Gasteiger partial charge >= 0.3 is 5.97 Å². The Kier molecular flexibility index (Phi) is 5.33. The molecular weight excluding hydrogens is 304 g/mol. The van der Waals surface area contributed by atoms with Crippen molar-refractivity contribution >= 4 is 29.4 Å². The maximum absolute atomic E-state index is 12.0. The molecule has 1 N–H and O–H groups in total. The van der Waals surface area contributed by atoms with Crippen LogP contribution in [0.15, 0.2) is 54.6 Å². The van der Waals surface area contributed by atoms with Crippen LogP contribution in [0.5, 0.6) is 5.75 Å². The SMILES string of the molecule is O=C(O)COc1ccc(/C=C\C(=O)c2ccc(Cl)cc2)cc1. The summed E-state index contributed by atoms with van der Waals surface area (Å²) in [6.07, 6.45) is 3.15. The summed E-state index contributed by atoms with van der Waals surface area (Å²) in [7, 11) is 0. The molecule has 0 bridgehead atoms. The quantitative estimate of drug-likeness (QED) is 0.652. The third-order valence-corrected chi connectivity index (χ3v) is 3.05. The van der Waals surface area contributed by atoms with E-state index in [1.807, 2.05) is 0 Å². The highest BCUT2D eigenvalue weighted by atomic mass is 35.5. The maximum Gasteiger partial charge on any atom is 0.341 e. The van der Waals surface area contributed by atoms with E-state index in [1.54, 1.807) is 54.6 Å². The minimum atomic E-state index is -1.03. The van der Waals surface area contributed by atoms with Crippen LogP contribution < -0.4 is 4.74 Å². The standard InChI is InChI=1S/C17H13ClO4/c18-14-6-4-13(5-7-14)16(19)10-3-12-1-8-15(9-2-12)22-11-17(20)21/h1-10H,11H2,(H,20,21)/b10-3-. The molecule has 0 saturated heterocycles. The van der Waals surface area contributed by atoms with Crippen LogP contribution in [0.4, 0.5) is 0 Å². The van der Waals surface area contributed by atoms with Gasteiger partial charge in [0, 0.05) is 10.6 Å². The molecule has 0 fully saturated rings. The third-order valence-electron chi connectivity index (χ3n) is 2.80. The molecule has 4 nitrogen and oxygen atoms in total. The molecule has 0 unspecified atom stereocenters. The van der Waals surface area contributed by atoms with Gasteiger partial charge < -0.3 is 9.84 Å². The topological polar surface area (TPSA) is 63.6 Å². The van der Waals surface area contributed by atoms with E-state index >= 15 is 0 Å². The van der Waals surface area contributed by atoms with Gasteiger partial charge in [0.05, 0.1) is 0 Å². The Hall–Kier alpha value is -2.59. The van der Waals surface area contributed by atoms with Crippen molar-refractivity contribution in [1.29, 1.82) is 0 Å². The summed E-state index contributed by atoms with van der Waals surface area (Å²) in [6.45, 7) is -0.385. The molecule has 22 heavy (non-hydrogen) atoms. The molecule has 2 aromatic carbocycles. The molecule has 0 radical (unpaired) electrons. The van der Waals surface area contributed by atoms with E-state index in [0.717, 1.165) is 5.56 Å². The number of carbonyl (C=O) groups excluding carboxylic acids is 1. The second-order valence-corrected chi connectivity index (χ2v) is 4.89. The van der Waals surface area contributed by atoms with Gasteiger partial charge in [-0.15, -0.1) is 0 Å². The molecule has 2 rings (SSSR count). The number of ether oxygens (including phenoxy) is 1. The lowest BCUT2D eigenvalue weighted by molar-refractivity contribution is -0.139. The van der Waals surface area contributed by atoms with E-state index in [9.17, 15) is 9.59 Å². The number of allylic oxidation sites excluding steroid dienone is 1. The van der Waals surface area contributed by atoms with Crippen LogP contribution in [0.3, 0.4) is 0 Å². The van der Waals surface area contributed by atoms with E-state index in [4.69, 9.17) is 21.4 Å². The van der Waals surface area contributed by atoms with Crippen molar-refractivity contribution in [3.8, 4) is 5.75 Å². The van der Waals surface area contributed by atoms with Gasteiger partial charge in [0.1, 0.15) is 5.75 Å². The van der Waals surface area contributed by atoms with Gasteiger partial charge in [-0.3, -0.25) is 4.79 Å². The van der Waals surface area contributed by atoms with E-state index in [2.05, 4.69) is 0 Å². The van der Waals surface area contributed by atoms with Gasteiger partial charge in [0.25, 0.3) is 0 Å². The van der Waals surface area contributed by atoms with Gasteiger partial charge in [-0.2, -0.15) is 0 Å². The first kappa shape index (κ1) is 15.8. The molecule has 0 aromatic heterocycles. The summed E-state index contributed by atoms with van der Waals surface area (Å²) in [5.41, 5.74) is 1.37. The van der Waals surface area contributed by atoms with E-state index in [-0.39, 0.29) is 12.4 Å². The van der Waals surface area contributed by atoms with Gasteiger partial charge in [-0.05, 0) is 48.0 Å². The first-order valence-corrected chi connectivity index (χ1v) is 6.85. The van der Waals surface area contributed by atoms with Crippen molar-refractivity contribution in [3.63, 3.8) is 0 Å². The summed E-state index contributed by atoms with van der Waals surface area (Å²) >= 11 is 5.77. The largest absolute Gasteiger partial charge is 0.482 e. The van der Waals surface area contributed by atoms with Crippen molar-refractivity contribution in [2.45, 2.75) is 0 Å². The van der Waals surface area contributed by atoms with Crippen LogP contribution in [-0.2, 0) is 4.79 Å². The van der Waals surface area contributed by atoms with Crippen molar-refractivity contribution in [1.82, 2.24) is 0 Å². The Labute approximate surface area is 132 Å². The Morgan fingerprint density at radius 2 is 1.68 bits per heavy atom. The van der Waals surface area contributed by atoms with Gasteiger partial charge in [-0.1, -0.05) is 29.8 Å². The minimum Gasteiger partial charge on any atom is -0.482 e. The number of rotatable bonds is 6. The number of carboxylic acid groups (broad SMARTS) is 1. The third kappa shape index (κ3) is 4.75. The average Bonchev–Trinajstić information content (AvgIpc) is 2.52. The van der Waals surface area contributed by atoms with Gasteiger partial charge in [-0.25, -0.2) is 4.79 Å². The number of ketones is 1. The Bertz CT molecular complexity index is 688. The van der Waals surface area contributed by atoms with Crippen LogP contribution in [0.25, 0.3) is 6.08 Å². The lowest BCUT2D eigenvalue weighted by Crippen LogP contribution is -2.09. The van der Waals surface area contributed by atoms with Crippen molar-refractivity contribution < 1.29 is 19.4 Å². The van der Waals surface area contributed by atoms with Crippen LogP contribution in [0, 0.1) is 0 Å². The summed E-state index contributed by atoms with van der Waals surface area (Å²) in [6, 6.07) is 13.4. The normalized spacial score (nSPS) is 10.6. The van der Waals surface area contributed by atoms with Gasteiger partial charge in [0.15, 0.2) is 12.4 Å². The molecule has 0 atom stereocenters. The molecule has 0 aliphatic carbocycles.